The lowest BCUT2D eigenvalue weighted by molar-refractivity contribution is 0.0695. The van der Waals surface area contributed by atoms with E-state index in [1.807, 2.05) is 0 Å². The van der Waals surface area contributed by atoms with Gasteiger partial charge in [-0.15, -0.1) is 0 Å². The average molecular weight is 359 g/mol. The zero-order chi connectivity index (χ0) is 17.9. The predicted molar refractivity (Wildman–Crippen MR) is 81.8 cm³/mol. The van der Waals surface area contributed by atoms with Gasteiger partial charge < -0.3 is 5.11 Å². The highest BCUT2D eigenvalue weighted by atomic mass is 32.2. The van der Waals surface area contributed by atoms with Gasteiger partial charge >= 0.3 is 5.97 Å². The van der Waals surface area contributed by atoms with E-state index >= 15 is 0 Å². The Balaban J connectivity index is 2.29. The van der Waals surface area contributed by atoms with E-state index in [1.165, 1.54) is 24.4 Å². The van der Waals surface area contributed by atoms with Crippen molar-refractivity contribution in [1.29, 1.82) is 0 Å². The van der Waals surface area contributed by atoms with Crippen molar-refractivity contribution in [3.63, 3.8) is 0 Å². The molecule has 2 aromatic rings. The summed E-state index contributed by atoms with van der Waals surface area (Å²) in [5.74, 6) is -1.36. The Kier molecular flexibility index (Phi) is 5.17. The molecule has 0 amide bonds. The number of aryl methyl sites for hydroxylation is 1. The summed E-state index contributed by atoms with van der Waals surface area (Å²) in [6.45, 7) is 1.10. The molecule has 0 atom stereocenters. The summed E-state index contributed by atoms with van der Waals surface area (Å²) in [7, 11) is -4.09. The van der Waals surface area contributed by atoms with Crippen LogP contribution in [0.15, 0.2) is 35.4 Å². The molecule has 0 saturated carbocycles. The van der Waals surface area contributed by atoms with E-state index in [-0.39, 0.29) is 16.3 Å². The highest BCUT2D eigenvalue weighted by Crippen LogP contribution is 2.19. The quantitative estimate of drug-likeness (QED) is 0.789. The Morgan fingerprint density at radius 2 is 2.08 bits per heavy atom. The van der Waals surface area contributed by atoms with E-state index in [2.05, 4.69) is 9.82 Å². The molecule has 0 spiro atoms. The molecule has 1 aromatic carbocycles. The number of hydrogen-bond donors (Lipinski definition) is 2. The van der Waals surface area contributed by atoms with Gasteiger partial charge in [0.1, 0.15) is 6.54 Å². The van der Waals surface area contributed by atoms with Crippen LogP contribution in [-0.4, -0.2) is 35.7 Å². The minimum absolute atomic E-state index is 0.108. The largest absolute Gasteiger partial charge is 0.478 e. The number of nitrogens with one attached hydrogen (secondary N) is 1. The Labute approximate surface area is 137 Å². The fraction of sp³-hybridized carbons (Fsp3) is 0.286. The minimum atomic E-state index is -4.09. The molecule has 7 nitrogen and oxygen atoms in total. The molecule has 2 N–H and O–H groups in total. The van der Waals surface area contributed by atoms with Crippen LogP contribution in [0.1, 0.15) is 22.8 Å². The van der Waals surface area contributed by atoms with Crippen LogP contribution >= 0.6 is 0 Å². The maximum atomic E-state index is 12.3. The number of alkyl halides is 2. The lowest BCUT2D eigenvalue weighted by Crippen LogP contribution is -2.15. The summed E-state index contributed by atoms with van der Waals surface area (Å²) in [5, 5.41) is 12.8. The molecule has 1 aromatic heterocycles. The second-order valence-corrected chi connectivity index (χ2v) is 6.58. The van der Waals surface area contributed by atoms with Crippen LogP contribution in [0.25, 0.3) is 0 Å². The summed E-state index contributed by atoms with van der Waals surface area (Å²) in [6, 6.07) is 5.00. The van der Waals surface area contributed by atoms with Crippen molar-refractivity contribution >= 4 is 21.8 Å². The smallest absolute Gasteiger partial charge is 0.336 e. The number of rotatable bonds is 7. The molecule has 0 fully saturated rings. The third kappa shape index (κ3) is 4.07. The molecule has 0 aliphatic rings. The van der Waals surface area contributed by atoms with E-state index in [0.29, 0.717) is 12.0 Å². The zero-order valence-corrected chi connectivity index (χ0v) is 13.4. The summed E-state index contributed by atoms with van der Waals surface area (Å²) < 4.78 is 52.2. The van der Waals surface area contributed by atoms with Gasteiger partial charge in [0.25, 0.3) is 16.4 Å². The van der Waals surface area contributed by atoms with Crippen LogP contribution in [0.2, 0.25) is 0 Å². The topological polar surface area (TPSA) is 101 Å². The number of anilines is 1. The van der Waals surface area contributed by atoms with E-state index in [1.54, 1.807) is 6.92 Å². The van der Waals surface area contributed by atoms with Gasteiger partial charge in [-0.25, -0.2) is 22.0 Å². The maximum Gasteiger partial charge on any atom is 0.336 e. The number of sulfonamides is 1. The lowest BCUT2D eigenvalue weighted by atomic mass is 10.1. The Morgan fingerprint density at radius 1 is 1.38 bits per heavy atom. The molecule has 10 heteroatoms. The van der Waals surface area contributed by atoms with Gasteiger partial charge in [0.2, 0.25) is 0 Å². The number of hydrogen-bond acceptors (Lipinski definition) is 4. The first kappa shape index (κ1) is 17.9. The number of carboxylic acid groups (broad SMARTS) is 1. The predicted octanol–water partition coefficient (Wildman–Crippen LogP) is 2.21. The normalized spacial score (nSPS) is 11.7. The average Bonchev–Trinajstić information content (AvgIpc) is 2.91. The number of aromatic carboxylic acids is 1. The summed E-state index contributed by atoms with van der Waals surface area (Å²) in [6.07, 6.45) is -0.964. The standard InChI is InChI=1S/C14H15F2N3O4S/c1-2-9-3-4-10(7-11(9)14(20)21)24(22,23)18-13-5-6-19(17-13)8-12(15)16/h3-7,12H,2,8H2,1H3,(H,17,18)(H,20,21). The molecule has 0 aliphatic carbocycles. The van der Waals surface area contributed by atoms with Crippen LogP contribution in [-0.2, 0) is 23.0 Å². The SMILES string of the molecule is CCc1ccc(S(=O)(=O)Nc2ccn(CC(F)F)n2)cc1C(=O)O. The van der Waals surface area contributed by atoms with Crippen molar-refractivity contribution in [3.05, 3.63) is 41.6 Å². The molecule has 130 valence electrons. The third-order valence-electron chi connectivity index (χ3n) is 3.21. The Hall–Kier alpha value is -2.49. The number of benzene rings is 1. The Bertz CT molecular complexity index is 849. The first-order chi connectivity index (χ1) is 11.2. The van der Waals surface area contributed by atoms with Gasteiger partial charge in [0, 0.05) is 12.3 Å². The zero-order valence-electron chi connectivity index (χ0n) is 12.6. The number of nitrogens with zero attached hydrogens (tertiary/aromatic N) is 2. The van der Waals surface area contributed by atoms with Crippen LogP contribution < -0.4 is 4.72 Å². The van der Waals surface area contributed by atoms with Crippen LogP contribution in [0.5, 0.6) is 0 Å². The van der Waals surface area contributed by atoms with Gasteiger partial charge in [0.05, 0.1) is 10.5 Å². The van der Waals surface area contributed by atoms with E-state index < -0.39 is 29.0 Å². The molecule has 0 bridgehead atoms. The molecular weight excluding hydrogens is 344 g/mol. The van der Waals surface area contributed by atoms with Crippen LogP contribution in [0, 0.1) is 0 Å². The van der Waals surface area contributed by atoms with Crippen molar-refractivity contribution in [2.45, 2.75) is 31.2 Å². The number of aromatic nitrogens is 2. The minimum Gasteiger partial charge on any atom is -0.478 e. The van der Waals surface area contributed by atoms with Crippen molar-refractivity contribution < 1.29 is 27.1 Å². The van der Waals surface area contributed by atoms with E-state index in [4.69, 9.17) is 5.11 Å². The Morgan fingerprint density at radius 3 is 2.67 bits per heavy atom. The third-order valence-corrected chi connectivity index (χ3v) is 4.56. The lowest BCUT2D eigenvalue weighted by Gasteiger charge is -2.09. The molecule has 0 aliphatic heterocycles. The number of halogens is 2. The molecule has 24 heavy (non-hydrogen) atoms. The first-order valence-corrected chi connectivity index (χ1v) is 8.42. The van der Waals surface area contributed by atoms with Gasteiger partial charge in [-0.2, -0.15) is 5.10 Å². The van der Waals surface area contributed by atoms with Gasteiger partial charge in [-0.1, -0.05) is 13.0 Å². The van der Waals surface area contributed by atoms with Crippen LogP contribution in [0.4, 0.5) is 14.6 Å². The molecule has 0 saturated heterocycles. The second kappa shape index (κ2) is 6.95. The van der Waals surface area contributed by atoms with Gasteiger partial charge in [-0.05, 0) is 24.1 Å². The second-order valence-electron chi connectivity index (χ2n) is 4.90. The van der Waals surface area contributed by atoms with E-state index in [9.17, 15) is 22.0 Å². The summed E-state index contributed by atoms with van der Waals surface area (Å²) in [4.78, 5) is 11.0. The molecule has 1 heterocycles. The monoisotopic (exact) mass is 359 g/mol. The highest BCUT2D eigenvalue weighted by molar-refractivity contribution is 7.92. The fourth-order valence-electron chi connectivity index (χ4n) is 2.09. The first-order valence-electron chi connectivity index (χ1n) is 6.93. The van der Waals surface area contributed by atoms with Crippen molar-refractivity contribution in [2.75, 3.05) is 4.72 Å². The number of carboxylic acids is 1. The molecule has 2 rings (SSSR count). The summed E-state index contributed by atoms with van der Waals surface area (Å²) in [5.41, 5.74) is 0.395. The van der Waals surface area contributed by atoms with Gasteiger partial charge in [-0.3, -0.25) is 9.40 Å². The highest BCUT2D eigenvalue weighted by Gasteiger charge is 2.19. The van der Waals surface area contributed by atoms with Crippen molar-refractivity contribution in [1.82, 2.24) is 9.78 Å². The molecular formula is C14H15F2N3O4S. The molecule has 0 radical (unpaired) electrons. The van der Waals surface area contributed by atoms with Crippen molar-refractivity contribution in [3.8, 4) is 0 Å². The van der Waals surface area contributed by atoms with E-state index in [0.717, 1.165) is 10.7 Å². The maximum absolute atomic E-state index is 12.3. The summed E-state index contributed by atoms with van der Waals surface area (Å²) >= 11 is 0. The number of carbonyl (C=O) groups is 1. The van der Waals surface area contributed by atoms with Crippen LogP contribution in [0.3, 0.4) is 0 Å². The molecule has 0 unspecified atom stereocenters. The van der Waals surface area contributed by atoms with Gasteiger partial charge in [0.15, 0.2) is 5.82 Å². The van der Waals surface area contributed by atoms with Crippen molar-refractivity contribution in [2.24, 2.45) is 0 Å². The fourth-order valence-corrected chi connectivity index (χ4v) is 3.11.